The summed E-state index contributed by atoms with van der Waals surface area (Å²) in [5, 5.41) is 9.74. The number of carbonyl (C=O) groups excluding carboxylic acids is 1. The summed E-state index contributed by atoms with van der Waals surface area (Å²) in [6, 6.07) is 13.3. The Bertz CT molecular complexity index is 1120. The quantitative estimate of drug-likeness (QED) is 0.674. The third-order valence-corrected chi connectivity index (χ3v) is 4.54. The molecule has 0 saturated heterocycles. The number of nitriles is 1. The molecule has 1 aromatic heterocycles. The lowest BCUT2D eigenvalue weighted by Gasteiger charge is -2.08. The molecule has 0 saturated carbocycles. The second-order valence-electron chi connectivity index (χ2n) is 6.16. The first-order valence-electron chi connectivity index (χ1n) is 8.22. The molecule has 0 atom stereocenters. The van der Waals surface area contributed by atoms with Gasteiger partial charge in [-0.2, -0.15) is 5.26 Å². The molecule has 128 valence electrons. The molecule has 0 aliphatic carbocycles. The van der Waals surface area contributed by atoms with Gasteiger partial charge in [0.1, 0.15) is 17.6 Å². The van der Waals surface area contributed by atoms with Crippen molar-refractivity contribution in [2.75, 3.05) is 6.61 Å². The highest BCUT2D eigenvalue weighted by atomic mass is 16.5. The maximum Gasteiger partial charge on any atom is 0.231 e. The molecule has 5 nitrogen and oxygen atoms in total. The molecule has 0 bridgehead atoms. The van der Waals surface area contributed by atoms with Crippen LogP contribution in [0.4, 0.5) is 0 Å². The Labute approximate surface area is 150 Å². The summed E-state index contributed by atoms with van der Waals surface area (Å²) in [7, 11) is 1.97. The van der Waals surface area contributed by atoms with Crippen molar-refractivity contribution < 1.29 is 14.3 Å². The summed E-state index contributed by atoms with van der Waals surface area (Å²) < 4.78 is 13.3. The number of allylic oxidation sites excluding steroid dienone is 1. The number of Topliss-reactive ketones (excluding diaryl/α,β-unsaturated/α-hetero) is 1. The lowest BCUT2D eigenvalue weighted by atomic mass is 10.1. The van der Waals surface area contributed by atoms with E-state index in [2.05, 4.69) is 0 Å². The van der Waals surface area contributed by atoms with E-state index in [4.69, 9.17) is 14.7 Å². The molecule has 0 amide bonds. The Morgan fingerprint density at radius 3 is 2.88 bits per heavy atom. The van der Waals surface area contributed by atoms with Crippen LogP contribution < -0.4 is 9.47 Å². The van der Waals surface area contributed by atoms with E-state index < -0.39 is 0 Å². The molecule has 26 heavy (non-hydrogen) atoms. The largest absolute Gasteiger partial charge is 0.478 e. The number of ketones is 1. The standard InChI is InChI=1S/C21H16N2O3/c1-13-18(25-10-9-22)8-7-16-20(24)19(26-21(13)16)11-14-12-23(2)17-6-4-3-5-15(14)17/h3-8,11-12H,10H2,1-2H3/b19-11+. The maximum absolute atomic E-state index is 12.7. The van der Waals surface area contributed by atoms with Crippen molar-refractivity contribution in [3.8, 4) is 17.6 Å². The zero-order valence-corrected chi connectivity index (χ0v) is 14.4. The SMILES string of the molecule is Cc1c(OCC#N)ccc2c1O/C(=C/c1cn(C)c3ccccc13)C2=O. The van der Waals surface area contributed by atoms with Crippen LogP contribution in [0, 0.1) is 18.3 Å². The maximum atomic E-state index is 12.7. The number of benzene rings is 2. The molecule has 3 aromatic rings. The second-order valence-corrected chi connectivity index (χ2v) is 6.16. The third-order valence-electron chi connectivity index (χ3n) is 4.54. The molecule has 0 fully saturated rings. The van der Waals surface area contributed by atoms with Gasteiger partial charge in [0.2, 0.25) is 5.78 Å². The van der Waals surface area contributed by atoms with Gasteiger partial charge < -0.3 is 14.0 Å². The van der Waals surface area contributed by atoms with Crippen molar-refractivity contribution >= 4 is 22.8 Å². The van der Waals surface area contributed by atoms with Crippen LogP contribution >= 0.6 is 0 Å². The first-order chi connectivity index (χ1) is 12.6. The summed E-state index contributed by atoms with van der Waals surface area (Å²) in [4.78, 5) is 12.7. The minimum absolute atomic E-state index is 0.0493. The van der Waals surface area contributed by atoms with E-state index in [-0.39, 0.29) is 18.1 Å². The number of rotatable bonds is 3. The molecule has 1 aliphatic rings. The molecule has 2 heterocycles. The average Bonchev–Trinajstić information content (AvgIpc) is 3.14. The Kier molecular flexibility index (Phi) is 3.74. The minimum atomic E-state index is -0.150. The number of carbonyl (C=O) groups is 1. The van der Waals surface area contributed by atoms with Crippen LogP contribution in [-0.4, -0.2) is 17.0 Å². The predicted molar refractivity (Wildman–Crippen MR) is 98.1 cm³/mol. The molecule has 0 unspecified atom stereocenters. The minimum Gasteiger partial charge on any atom is -0.478 e. The van der Waals surface area contributed by atoms with E-state index in [1.807, 2.05) is 55.1 Å². The predicted octanol–water partition coefficient (Wildman–Crippen LogP) is 4.01. The molecular formula is C21H16N2O3. The molecule has 0 N–H and O–H groups in total. The normalized spacial score (nSPS) is 14.3. The van der Waals surface area contributed by atoms with Crippen LogP contribution in [0.2, 0.25) is 0 Å². The van der Waals surface area contributed by atoms with Crippen LogP contribution in [0.1, 0.15) is 21.5 Å². The first-order valence-corrected chi connectivity index (χ1v) is 8.22. The van der Waals surface area contributed by atoms with E-state index in [0.717, 1.165) is 16.5 Å². The van der Waals surface area contributed by atoms with Crippen molar-refractivity contribution in [3.05, 3.63) is 65.0 Å². The van der Waals surface area contributed by atoms with Gasteiger partial charge in [-0.25, -0.2) is 0 Å². The summed E-state index contributed by atoms with van der Waals surface area (Å²) in [6.07, 6.45) is 3.76. The summed E-state index contributed by atoms with van der Waals surface area (Å²) >= 11 is 0. The zero-order valence-electron chi connectivity index (χ0n) is 14.4. The Hall–Kier alpha value is -3.52. The molecule has 2 aromatic carbocycles. The number of ether oxygens (including phenoxy) is 2. The van der Waals surface area contributed by atoms with Crippen molar-refractivity contribution in [1.82, 2.24) is 4.57 Å². The van der Waals surface area contributed by atoms with Crippen LogP contribution in [-0.2, 0) is 7.05 Å². The van der Waals surface area contributed by atoms with Gasteiger partial charge in [-0.3, -0.25) is 4.79 Å². The summed E-state index contributed by atoms with van der Waals surface area (Å²) in [5.41, 5.74) is 3.24. The van der Waals surface area contributed by atoms with Crippen LogP contribution in [0.25, 0.3) is 17.0 Å². The molecule has 0 spiro atoms. The zero-order chi connectivity index (χ0) is 18.3. The number of para-hydroxylation sites is 1. The molecule has 0 radical (unpaired) electrons. The fourth-order valence-electron chi connectivity index (χ4n) is 3.26. The number of fused-ring (bicyclic) bond motifs is 2. The fourth-order valence-corrected chi connectivity index (χ4v) is 3.26. The van der Waals surface area contributed by atoms with E-state index in [9.17, 15) is 4.79 Å². The summed E-state index contributed by atoms with van der Waals surface area (Å²) in [5.74, 6) is 1.18. The Balaban J connectivity index is 1.75. The Morgan fingerprint density at radius 1 is 1.27 bits per heavy atom. The van der Waals surface area contributed by atoms with Crippen LogP contribution in [0.15, 0.2) is 48.4 Å². The smallest absolute Gasteiger partial charge is 0.231 e. The number of hydrogen-bond acceptors (Lipinski definition) is 4. The van der Waals surface area contributed by atoms with E-state index in [1.54, 1.807) is 18.2 Å². The molecular weight excluding hydrogens is 328 g/mol. The number of nitrogens with zero attached hydrogens (tertiary/aromatic N) is 2. The van der Waals surface area contributed by atoms with Crippen molar-refractivity contribution in [2.24, 2.45) is 7.05 Å². The highest BCUT2D eigenvalue weighted by Crippen LogP contribution is 2.39. The van der Waals surface area contributed by atoms with Crippen molar-refractivity contribution in [1.29, 1.82) is 5.26 Å². The second kappa shape index (κ2) is 6.08. The molecule has 1 aliphatic heterocycles. The number of aryl methyl sites for hydroxylation is 1. The van der Waals surface area contributed by atoms with Crippen LogP contribution in [0.3, 0.4) is 0 Å². The molecule has 4 rings (SSSR count). The molecule has 5 heteroatoms. The van der Waals surface area contributed by atoms with E-state index in [1.165, 1.54) is 0 Å². The van der Waals surface area contributed by atoms with Crippen LogP contribution in [0.5, 0.6) is 11.5 Å². The van der Waals surface area contributed by atoms with Crippen molar-refractivity contribution in [2.45, 2.75) is 6.92 Å². The van der Waals surface area contributed by atoms with Gasteiger partial charge in [0.15, 0.2) is 12.4 Å². The van der Waals surface area contributed by atoms with Gasteiger partial charge in [-0.15, -0.1) is 0 Å². The van der Waals surface area contributed by atoms with E-state index >= 15 is 0 Å². The number of aromatic nitrogens is 1. The lowest BCUT2D eigenvalue weighted by Crippen LogP contribution is -1.98. The van der Waals surface area contributed by atoms with Crippen molar-refractivity contribution in [3.63, 3.8) is 0 Å². The van der Waals surface area contributed by atoms with Gasteiger partial charge >= 0.3 is 0 Å². The monoisotopic (exact) mass is 344 g/mol. The highest BCUT2D eigenvalue weighted by Gasteiger charge is 2.30. The van der Waals surface area contributed by atoms with Gasteiger partial charge in [-0.1, -0.05) is 18.2 Å². The van der Waals surface area contributed by atoms with E-state index in [0.29, 0.717) is 22.6 Å². The van der Waals surface area contributed by atoms with Gasteiger partial charge in [0.25, 0.3) is 0 Å². The fraction of sp³-hybridized carbons (Fsp3) is 0.143. The van der Waals surface area contributed by atoms with Gasteiger partial charge in [0.05, 0.1) is 5.56 Å². The average molecular weight is 344 g/mol. The number of hydrogen-bond donors (Lipinski definition) is 0. The van der Waals surface area contributed by atoms with Gasteiger partial charge in [0, 0.05) is 35.3 Å². The first kappa shape index (κ1) is 16.0. The summed E-state index contributed by atoms with van der Waals surface area (Å²) in [6.45, 7) is 1.77. The highest BCUT2D eigenvalue weighted by molar-refractivity contribution is 6.15. The third kappa shape index (κ3) is 2.44. The lowest BCUT2D eigenvalue weighted by molar-refractivity contribution is 0.101. The van der Waals surface area contributed by atoms with Gasteiger partial charge in [-0.05, 0) is 31.2 Å². The Morgan fingerprint density at radius 2 is 2.08 bits per heavy atom. The topological polar surface area (TPSA) is 64.2 Å².